The van der Waals surface area contributed by atoms with Crippen LogP contribution in [-0.4, -0.2) is 40.7 Å². The van der Waals surface area contributed by atoms with Gasteiger partial charge in [-0.15, -0.1) is 12.4 Å². The van der Waals surface area contributed by atoms with Gasteiger partial charge in [0.25, 0.3) is 0 Å². The molecule has 2 heterocycles. The van der Waals surface area contributed by atoms with Crippen LogP contribution in [0.3, 0.4) is 0 Å². The number of hydrogen-bond acceptors (Lipinski definition) is 5. The average Bonchev–Trinajstić information content (AvgIpc) is 3.18. The van der Waals surface area contributed by atoms with Crippen LogP contribution in [0.4, 0.5) is 0 Å². The monoisotopic (exact) mass is 356 g/mol. The summed E-state index contributed by atoms with van der Waals surface area (Å²) in [5, 5.41) is 8.17. The first-order valence-electron chi connectivity index (χ1n) is 7.79. The maximum absolute atomic E-state index is 6.01. The Kier molecular flexibility index (Phi) is 6.84. The Bertz CT molecular complexity index is 614. The summed E-state index contributed by atoms with van der Waals surface area (Å²) in [6.07, 6.45) is 2.29. The van der Waals surface area contributed by atoms with Crippen LogP contribution in [0.1, 0.15) is 25.7 Å². The topological polar surface area (TPSA) is 54.2 Å². The summed E-state index contributed by atoms with van der Waals surface area (Å²) >= 11 is 6.01. The molecule has 23 heavy (non-hydrogen) atoms. The van der Waals surface area contributed by atoms with E-state index in [9.17, 15) is 0 Å². The Hall–Kier alpha value is -1.14. The highest BCUT2D eigenvalue weighted by Gasteiger charge is 2.23. The van der Waals surface area contributed by atoms with Gasteiger partial charge in [-0.1, -0.05) is 35.8 Å². The zero-order valence-electron chi connectivity index (χ0n) is 13.2. The quantitative estimate of drug-likeness (QED) is 0.859. The molecule has 7 heteroatoms. The molecule has 1 aliphatic heterocycles. The van der Waals surface area contributed by atoms with Gasteiger partial charge in [0, 0.05) is 23.2 Å². The lowest BCUT2D eigenvalue weighted by Crippen LogP contribution is -2.37. The maximum atomic E-state index is 6.01. The third-order valence-electron chi connectivity index (χ3n) is 3.95. The standard InChI is InChI=1S/C16H21ClN4O.ClH/c1-2-8-21(14-6-7-18-10-14)11-15-19-16(20-22-15)12-4-3-5-13(17)9-12;/h3-5,9,14,18H,2,6-8,10-11H2,1H3;1H. The SMILES string of the molecule is CCCN(Cc1nc(-c2cccc(Cl)c2)no1)C1CCNC1.Cl. The van der Waals surface area contributed by atoms with Crippen molar-refractivity contribution in [3.63, 3.8) is 0 Å². The maximum Gasteiger partial charge on any atom is 0.241 e. The van der Waals surface area contributed by atoms with Crippen molar-refractivity contribution < 1.29 is 4.52 Å². The largest absolute Gasteiger partial charge is 0.338 e. The van der Waals surface area contributed by atoms with Crippen LogP contribution >= 0.6 is 24.0 Å². The second-order valence-corrected chi connectivity index (χ2v) is 6.08. The molecule has 1 fully saturated rings. The summed E-state index contributed by atoms with van der Waals surface area (Å²) in [7, 11) is 0. The van der Waals surface area contributed by atoms with E-state index in [2.05, 4.69) is 27.3 Å². The summed E-state index contributed by atoms with van der Waals surface area (Å²) in [5.41, 5.74) is 0.882. The van der Waals surface area contributed by atoms with Crippen LogP contribution in [0.5, 0.6) is 0 Å². The molecule has 0 saturated carbocycles. The van der Waals surface area contributed by atoms with E-state index in [1.807, 2.05) is 24.3 Å². The first-order valence-corrected chi connectivity index (χ1v) is 8.17. The fourth-order valence-electron chi connectivity index (χ4n) is 2.87. The van der Waals surface area contributed by atoms with Gasteiger partial charge >= 0.3 is 0 Å². The molecule has 1 unspecified atom stereocenters. The fraction of sp³-hybridized carbons (Fsp3) is 0.500. The number of nitrogens with zero attached hydrogens (tertiary/aromatic N) is 3. The van der Waals surface area contributed by atoms with Crippen molar-refractivity contribution in [2.24, 2.45) is 0 Å². The number of nitrogens with one attached hydrogen (secondary N) is 1. The number of benzene rings is 1. The number of halogens is 2. The molecular weight excluding hydrogens is 335 g/mol. The smallest absolute Gasteiger partial charge is 0.241 e. The molecule has 0 radical (unpaired) electrons. The number of aromatic nitrogens is 2. The highest BCUT2D eigenvalue weighted by atomic mass is 35.5. The predicted molar refractivity (Wildman–Crippen MR) is 94.0 cm³/mol. The number of rotatable bonds is 6. The number of hydrogen-bond donors (Lipinski definition) is 1. The van der Waals surface area contributed by atoms with Crippen molar-refractivity contribution in [1.82, 2.24) is 20.4 Å². The van der Waals surface area contributed by atoms with Gasteiger partial charge in [0.1, 0.15) is 0 Å². The zero-order valence-corrected chi connectivity index (χ0v) is 14.7. The summed E-state index contributed by atoms with van der Waals surface area (Å²) < 4.78 is 5.43. The van der Waals surface area contributed by atoms with E-state index in [0.717, 1.165) is 31.6 Å². The Morgan fingerprint density at radius 3 is 3.00 bits per heavy atom. The van der Waals surface area contributed by atoms with E-state index in [1.54, 1.807) is 0 Å². The summed E-state index contributed by atoms with van der Waals surface area (Å²) in [6, 6.07) is 8.07. The van der Waals surface area contributed by atoms with Gasteiger partial charge in [0.15, 0.2) is 0 Å². The molecule has 5 nitrogen and oxygen atoms in total. The van der Waals surface area contributed by atoms with Crippen molar-refractivity contribution in [2.75, 3.05) is 19.6 Å². The molecule has 0 spiro atoms. The summed E-state index contributed by atoms with van der Waals surface area (Å²) in [6.45, 7) is 6.06. The minimum absolute atomic E-state index is 0. The molecule has 3 rings (SSSR count). The van der Waals surface area contributed by atoms with Crippen LogP contribution in [0.2, 0.25) is 5.02 Å². The van der Waals surface area contributed by atoms with E-state index in [4.69, 9.17) is 16.1 Å². The van der Waals surface area contributed by atoms with E-state index in [-0.39, 0.29) is 12.4 Å². The van der Waals surface area contributed by atoms with Gasteiger partial charge in [-0.2, -0.15) is 4.98 Å². The zero-order chi connectivity index (χ0) is 15.4. The van der Waals surface area contributed by atoms with Crippen LogP contribution < -0.4 is 5.32 Å². The molecule has 2 aromatic rings. The van der Waals surface area contributed by atoms with Gasteiger partial charge in [-0.3, -0.25) is 4.90 Å². The van der Waals surface area contributed by atoms with Gasteiger partial charge in [-0.05, 0) is 38.1 Å². The minimum Gasteiger partial charge on any atom is -0.338 e. The van der Waals surface area contributed by atoms with Crippen molar-refractivity contribution in [3.8, 4) is 11.4 Å². The van der Waals surface area contributed by atoms with Gasteiger partial charge in [0.2, 0.25) is 11.7 Å². The lowest BCUT2D eigenvalue weighted by molar-refractivity contribution is 0.174. The van der Waals surface area contributed by atoms with Gasteiger partial charge < -0.3 is 9.84 Å². The van der Waals surface area contributed by atoms with Crippen molar-refractivity contribution in [2.45, 2.75) is 32.4 Å². The average molecular weight is 357 g/mol. The first-order chi connectivity index (χ1) is 10.8. The molecule has 1 N–H and O–H groups in total. The Balaban J connectivity index is 0.00000192. The molecule has 1 saturated heterocycles. The highest BCUT2D eigenvalue weighted by Crippen LogP contribution is 2.21. The van der Waals surface area contributed by atoms with Gasteiger partial charge in [0.05, 0.1) is 6.54 Å². The second kappa shape index (κ2) is 8.64. The van der Waals surface area contributed by atoms with Crippen LogP contribution in [-0.2, 0) is 6.54 Å². The van der Waals surface area contributed by atoms with E-state index < -0.39 is 0 Å². The lowest BCUT2D eigenvalue weighted by Gasteiger charge is -2.26. The second-order valence-electron chi connectivity index (χ2n) is 5.64. The van der Waals surface area contributed by atoms with E-state index in [0.29, 0.717) is 29.3 Å². The van der Waals surface area contributed by atoms with Crippen molar-refractivity contribution >= 4 is 24.0 Å². The van der Waals surface area contributed by atoms with Crippen LogP contribution in [0, 0.1) is 0 Å². The molecule has 1 atom stereocenters. The first kappa shape index (κ1) is 18.2. The highest BCUT2D eigenvalue weighted by molar-refractivity contribution is 6.30. The Morgan fingerprint density at radius 1 is 1.43 bits per heavy atom. The molecule has 126 valence electrons. The molecule has 0 amide bonds. The Morgan fingerprint density at radius 2 is 2.30 bits per heavy atom. The third kappa shape index (κ3) is 4.67. The molecule has 0 aliphatic carbocycles. The van der Waals surface area contributed by atoms with Crippen molar-refractivity contribution in [3.05, 3.63) is 35.2 Å². The van der Waals surface area contributed by atoms with E-state index in [1.165, 1.54) is 6.42 Å². The van der Waals surface area contributed by atoms with Gasteiger partial charge in [-0.25, -0.2) is 0 Å². The molecule has 1 aromatic heterocycles. The minimum atomic E-state index is 0. The molecule has 1 aliphatic rings. The molecular formula is C16H22Cl2N4O. The van der Waals surface area contributed by atoms with Crippen LogP contribution in [0.15, 0.2) is 28.8 Å². The summed E-state index contributed by atoms with van der Waals surface area (Å²) in [4.78, 5) is 6.94. The van der Waals surface area contributed by atoms with Crippen molar-refractivity contribution in [1.29, 1.82) is 0 Å². The van der Waals surface area contributed by atoms with E-state index >= 15 is 0 Å². The third-order valence-corrected chi connectivity index (χ3v) is 4.19. The molecule has 1 aromatic carbocycles. The predicted octanol–water partition coefficient (Wildman–Crippen LogP) is 3.39. The molecule has 0 bridgehead atoms. The fourth-order valence-corrected chi connectivity index (χ4v) is 3.06. The normalized spacial score (nSPS) is 17.4. The lowest BCUT2D eigenvalue weighted by atomic mass is 10.2. The van der Waals surface area contributed by atoms with Crippen LogP contribution in [0.25, 0.3) is 11.4 Å². The Labute approximate surface area is 147 Å². The summed E-state index contributed by atoms with van der Waals surface area (Å²) in [5.74, 6) is 1.26.